The maximum atomic E-state index is 11.6. The lowest BCUT2D eigenvalue weighted by atomic mass is 10.2. The minimum atomic E-state index is -0.0912. The Balaban J connectivity index is 0.00000289. The van der Waals surface area contributed by atoms with Gasteiger partial charge in [0.2, 0.25) is 5.91 Å². The number of benzene rings is 1. The van der Waals surface area contributed by atoms with E-state index < -0.39 is 0 Å². The Kier molecular flexibility index (Phi) is 8.75. The van der Waals surface area contributed by atoms with Crippen LogP contribution >= 0.6 is 24.0 Å². The molecule has 0 atom stereocenters. The first kappa shape index (κ1) is 17.2. The van der Waals surface area contributed by atoms with Crippen LogP contribution in [-0.4, -0.2) is 32.7 Å². The molecule has 1 aromatic rings. The number of ether oxygens (including phenoxy) is 1. The SMILES string of the molecule is COCCNCC(=O)Nc1cc(Cl)ccc1C.Cl. The fourth-order valence-electron chi connectivity index (χ4n) is 1.30. The number of aryl methyl sites for hydroxylation is 1. The average Bonchev–Trinajstić information content (AvgIpc) is 2.29. The Bertz CT molecular complexity index is 386. The molecule has 0 bridgehead atoms. The van der Waals surface area contributed by atoms with E-state index in [1.807, 2.05) is 13.0 Å². The van der Waals surface area contributed by atoms with Crippen LogP contribution in [0.1, 0.15) is 5.56 Å². The molecule has 0 spiro atoms. The van der Waals surface area contributed by atoms with E-state index in [1.54, 1.807) is 19.2 Å². The lowest BCUT2D eigenvalue weighted by molar-refractivity contribution is -0.115. The summed E-state index contributed by atoms with van der Waals surface area (Å²) in [6.45, 7) is 3.42. The van der Waals surface area contributed by atoms with Crippen LogP contribution in [0.2, 0.25) is 5.02 Å². The second-order valence-corrected chi connectivity index (χ2v) is 4.11. The normalized spacial score (nSPS) is 9.72. The van der Waals surface area contributed by atoms with Crippen LogP contribution < -0.4 is 10.6 Å². The largest absolute Gasteiger partial charge is 0.383 e. The lowest BCUT2D eigenvalue weighted by Crippen LogP contribution is -2.30. The minimum Gasteiger partial charge on any atom is -0.383 e. The summed E-state index contributed by atoms with van der Waals surface area (Å²) >= 11 is 5.86. The second kappa shape index (κ2) is 9.16. The Labute approximate surface area is 118 Å². The van der Waals surface area contributed by atoms with Gasteiger partial charge in [0.1, 0.15) is 0 Å². The second-order valence-electron chi connectivity index (χ2n) is 3.68. The predicted octanol–water partition coefficient (Wildman–Crippen LogP) is 2.24. The van der Waals surface area contributed by atoms with Gasteiger partial charge in [-0.1, -0.05) is 17.7 Å². The minimum absolute atomic E-state index is 0. The van der Waals surface area contributed by atoms with Crippen LogP contribution in [-0.2, 0) is 9.53 Å². The topological polar surface area (TPSA) is 50.4 Å². The summed E-state index contributed by atoms with van der Waals surface area (Å²) in [5.74, 6) is -0.0912. The van der Waals surface area contributed by atoms with E-state index in [1.165, 1.54) is 0 Å². The summed E-state index contributed by atoms with van der Waals surface area (Å²) in [6.07, 6.45) is 0. The van der Waals surface area contributed by atoms with Crippen molar-refractivity contribution in [1.82, 2.24) is 5.32 Å². The van der Waals surface area contributed by atoms with E-state index in [2.05, 4.69) is 10.6 Å². The van der Waals surface area contributed by atoms with E-state index in [-0.39, 0.29) is 24.9 Å². The molecule has 0 radical (unpaired) electrons. The highest BCUT2D eigenvalue weighted by molar-refractivity contribution is 6.31. The number of carbonyl (C=O) groups excluding carboxylic acids is 1. The third-order valence-corrected chi connectivity index (χ3v) is 2.48. The van der Waals surface area contributed by atoms with Crippen molar-refractivity contribution >= 4 is 35.6 Å². The molecule has 0 heterocycles. The number of methoxy groups -OCH3 is 1. The summed E-state index contributed by atoms with van der Waals surface area (Å²) in [6, 6.07) is 5.41. The number of carbonyl (C=O) groups is 1. The van der Waals surface area contributed by atoms with Crippen molar-refractivity contribution in [3.63, 3.8) is 0 Å². The highest BCUT2D eigenvalue weighted by atomic mass is 35.5. The number of halogens is 2. The molecular weight excluding hydrogens is 275 g/mol. The maximum absolute atomic E-state index is 11.6. The van der Waals surface area contributed by atoms with Gasteiger partial charge in [-0.3, -0.25) is 4.79 Å². The summed E-state index contributed by atoms with van der Waals surface area (Å²) in [5.41, 5.74) is 1.73. The molecule has 6 heteroatoms. The first-order valence-corrected chi connectivity index (χ1v) is 5.77. The third-order valence-electron chi connectivity index (χ3n) is 2.24. The van der Waals surface area contributed by atoms with Crippen LogP contribution in [0.5, 0.6) is 0 Å². The molecule has 102 valence electrons. The maximum Gasteiger partial charge on any atom is 0.238 e. The van der Waals surface area contributed by atoms with Crippen LogP contribution in [0, 0.1) is 6.92 Å². The summed E-state index contributed by atoms with van der Waals surface area (Å²) < 4.78 is 4.87. The molecule has 0 fully saturated rings. The van der Waals surface area contributed by atoms with Crippen LogP contribution in [0.15, 0.2) is 18.2 Å². The zero-order valence-electron chi connectivity index (χ0n) is 10.5. The highest BCUT2D eigenvalue weighted by Crippen LogP contribution is 2.19. The Morgan fingerprint density at radius 2 is 2.17 bits per heavy atom. The summed E-state index contributed by atoms with van der Waals surface area (Å²) in [7, 11) is 1.62. The molecule has 18 heavy (non-hydrogen) atoms. The number of nitrogens with one attached hydrogen (secondary N) is 2. The lowest BCUT2D eigenvalue weighted by Gasteiger charge is -2.09. The number of amides is 1. The highest BCUT2D eigenvalue weighted by Gasteiger charge is 2.04. The fourth-order valence-corrected chi connectivity index (χ4v) is 1.47. The van der Waals surface area contributed by atoms with Gasteiger partial charge in [0, 0.05) is 24.4 Å². The number of rotatable bonds is 6. The molecule has 0 unspecified atom stereocenters. The molecule has 2 N–H and O–H groups in total. The molecule has 4 nitrogen and oxygen atoms in total. The Morgan fingerprint density at radius 1 is 1.44 bits per heavy atom. The van der Waals surface area contributed by atoms with E-state index in [9.17, 15) is 4.79 Å². The van der Waals surface area contributed by atoms with Gasteiger partial charge in [-0.15, -0.1) is 12.4 Å². The van der Waals surface area contributed by atoms with Gasteiger partial charge in [0.05, 0.1) is 13.2 Å². The van der Waals surface area contributed by atoms with Gasteiger partial charge < -0.3 is 15.4 Å². The molecular formula is C12H18Cl2N2O2. The quantitative estimate of drug-likeness (QED) is 0.791. The molecule has 0 aliphatic carbocycles. The standard InChI is InChI=1S/C12H17ClN2O2.ClH/c1-9-3-4-10(13)7-11(9)15-12(16)8-14-5-6-17-2;/h3-4,7,14H,5-6,8H2,1-2H3,(H,15,16);1H. The van der Waals surface area contributed by atoms with E-state index in [0.29, 0.717) is 18.2 Å². The van der Waals surface area contributed by atoms with Gasteiger partial charge in [0.15, 0.2) is 0 Å². The molecule has 1 rings (SSSR count). The number of hydrogen-bond acceptors (Lipinski definition) is 3. The van der Waals surface area contributed by atoms with Crippen molar-refractivity contribution in [3.05, 3.63) is 28.8 Å². The summed E-state index contributed by atoms with van der Waals surface area (Å²) in [5, 5.41) is 6.38. The molecule has 1 aromatic carbocycles. The zero-order chi connectivity index (χ0) is 12.7. The fraction of sp³-hybridized carbons (Fsp3) is 0.417. The van der Waals surface area contributed by atoms with Gasteiger partial charge in [0.25, 0.3) is 0 Å². The zero-order valence-corrected chi connectivity index (χ0v) is 12.0. The molecule has 1 amide bonds. The van der Waals surface area contributed by atoms with E-state index in [4.69, 9.17) is 16.3 Å². The van der Waals surface area contributed by atoms with Gasteiger partial charge in [-0.2, -0.15) is 0 Å². The van der Waals surface area contributed by atoms with Crippen molar-refractivity contribution in [2.45, 2.75) is 6.92 Å². The van der Waals surface area contributed by atoms with Crippen LogP contribution in [0.4, 0.5) is 5.69 Å². The first-order chi connectivity index (χ1) is 8.13. The molecule has 0 saturated carbocycles. The number of hydrogen-bond donors (Lipinski definition) is 2. The Morgan fingerprint density at radius 3 is 2.83 bits per heavy atom. The number of anilines is 1. The van der Waals surface area contributed by atoms with Crippen LogP contribution in [0.25, 0.3) is 0 Å². The molecule has 0 saturated heterocycles. The van der Waals surface area contributed by atoms with Crippen molar-refractivity contribution in [1.29, 1.82) is 0 Å². The van der Waals surface area contributed by atoms with Crippen LogP contribution in [0.3, 0.4) is 0 Å². The smallest absolute Gasteiger partial charge is 0.238 e. The van der Waals surface area contributed by atoms with Crippen molar-refractivity contribution in [2.24, 2.45) is 0 Å². The summed E-state index contributed by atoms with van der Waals surface area (Å²) in [4.78, 5) is 11.6. The molecule has 0 aromatic heterocycles. The first-order valence-electron chi connectivity index (χ1n) is 5.39. The van der Waals surface area contributed by atoms with Crippen molar-refractivity contribution in [3.8, 4) is 0 Å². The van der Waals surface area contributed by atoms with Gasteiger partial charge >= 0.3 is 0 Å². The van der Waals surface area contributed by atoms with Gasteiger partial charge in [-0.25, -0.2) is 0 Å². The van der Waals surface area contributed by atoms with Gasteiger partial charge in [-0.05, 0) is 24.6 Å². The molecule has 0 aliphatic rings. The van der Waals surface area contributed by atoms with Crippen molar-refractivity contribution in [2.75, 3.05) is 32.1 Å². The molecule has 0 aliphatic heterocycles. The monoisotopic (exact) mass is 292 g/mol. The Hall–Kier alpha value is -0.810. The predicted molar refractivity (Wildman–Crippen MR) is 76.8 cm³/mol. The van der Waals surface area contributed by atoms with Crippen molar-refractivity contribution < 1.29 is 9.53 Å². The van der Waals surface area contributed by atoms with E-state index >= 15 is 0 Å². The van der Waals surface area contributed by atoms with E-state index in [0.717, 1.165) is 11.3 Å². The average molecular weight is 293 g/mol. The third kappa shape index (κ3) is 6.21.